The summed E-state index contributed by atoms with van der Waals surface area (Å²) in [5, 5.41) is 1.25. The molecule has 15 heavy (non-hydrogen) atoms. The molecule has 0 aliphatic rings. The Hall–Kier alpha value is -0.720. The second-order valence-corrected chi connectivity index (χ2v) is 4.10. The number of hydrogen-bond donors (Lipinski definition) is 1. The first-order chi connectivity index (χ1) is 7.15. The SMILES string of the molecule is C=C=CCCC(N)c1ccc(Cl)cc1Cl. The van der Waals surface area contributed by atoms with Crippen LogP contribution in [0.4, 0.5) is 0 Å². The van der Waals surface area contributed by atoms with E-state index in [-0.39, 0.29) is 6.04 Å². The zero-order chi connectivity index (χ0) is 11.3. The molecule has 0 aliphatic heterocycles. The highest BCUT2D eigenvalue weighted by Gasteiger charge is 2.09. The van der Waals surface area contributed by atoms with Gasteiger partial charge in [-0.05, 0) is 36.6 Å². The van der Waals surface area contributed by atoms with Crippen molar-refractivity contribution in [3.63, 3.8) is 0 Å². The summed E-state index contributed by atoms with van der Waals surface area (Å²) in [6.45, 7) is 3.49. The molecule has 1 nitrogen and oxygen atoms in total. The van der Waals surface area contributed by atoms with Crippen LogP contribution in [0, 0.1) is 0 Å². The third-order valence-corrected chi connectivity index (χ3v) is 2.69. The number of nitrogens with two attached hydrogens (primary N) is 1. The van der Waals surface area contributed by atoms with E-state index in [0.29, 0.717) is 10.0 Å². The van der Waals surface area contributed by atoms with Crippen LogP contribution in [0.25, 0.3) is 0 Å². The van der Waals surface area contributed by atoms with E-state index in [2.05, 4.69) is 12.3 Å². The van der Waals surface area contributed by atoms with Crippen LogP contribution in [-0.2, 0) is 0 Å². The van der Waals surface area contributed by atoms with Crippen molar-refractivity contribution in [2.45, 2.75) is 18.9 Å². The predicted molar refractivity (Wildman–Crippen MR) is 66.3 cm³/mol. The fourth-order valence-corrected chi connectivity index (χ4v) is 1.87. The van der Waals surface area contributed by atoms with E-state index in [1.807, 2.05) is 12.1 Å². The van der Waals surface area contributed by atoms with Gasteiger partial charge in [-0.2, -0.15) is 0 Å². The molecule has 1 atom stereocenters. The second-order valence-electron chi connectivity index (χ2n) is 3.26. The van der Waals surface area contributed by atoms with Gasteiger partial charge in [0.25, 0.3) is 0 Å². The van der Waals surface area contributed by atoms with Crippen LogP contribution in [0.1, 0.15) is 24.4 Å². The van der Waals surface area contributed by atoms with Gasteiger partial charge in [0, 0.05) is 16.1 Å². The van der Waals surface area contributed by atoms with Gasteiger partial charge < -0.3 is 5.73 Å². The third-order valence-electron chi connectivity index (χ3n) is 2.13. The topological polar surface area (TPSA) is 26.0 Å². The Morgan fingerprint density at radius 3 is 2.80 bits per heavy atom. The van der Waals surface area contributed by atoms with E-state index in [0.717, 1.165) is 18.4 Å². The van der Waals surface area contributed by atoms with Crippen molar-refractivity contribution in [1.82, 2.24) is 0 Å². The number of halogens is 2. The molecule has 0 spiro atoms. The number of allylic oxidation sites excluding steroid dienone is 1. The standard InChI is InChI=1S/C12H13Cl2N/c1-2-3-4-5-12(15)10-7-6-9(13)8-11(10)14/h3,6-8,12H,1,4-5,15H2. The summed E-state index contributed by atoms with van der Waals surface area (Å²) in [5.74, 6) is 0. The van der Waals surface area contributed by atoms with Crippen molar-refractivity contribution >= 4 is 23.2 Å². The zero-order valence-electron chi connectivity index (χ0n) is 8.34. The van der Waals surface area contributed by atoms with Gasteiger partial charge in [-0.3, -0.25) is 0 Å². The first kappa shape index (κ1) is 12.4. The van der Waals surface area contributed by atoms with E-state index in [1.54, 1.807) is 12.1 Å². The van der Waals surface area contributed by atoms with Gasteiger partial charge in [-0.25, -0.2) is 0 Å². The summed E-state index contributed by atoms with van der Waals surface area (Å²) in [4.78, 5) is 0. The Bertz CT molecular complexity index is 381. The van der Waals surface area contributed by atoms with Crippen LogP contribution in [0.5, 0.6) is 0 Å². The fourth-order valence-electron chi connectivity index (χ4n) is 1.32. The maximum Gasteiger partial charge on any atom is 0.0468 e. The number of rotatable bonds is 4. The quantitative estimate of drug-likeness (QED) is 0.790. The lowest BCUT2D eigenvalue weighted by Gasteiger charge is -2.12. The van der Waals surface area contributed by atoms with Crippen LogP contribution in [-0.4, -0.2) is 0 Å². The zero-order valence-corrected chi connectivity index (χ0v) is 9.85. The Morgan fingerprint density at radius 1 is 1.47 bits per heavy atom. The minimum Gasteiger partial charge on any atom is -0.324 e. The molecule has 80 valence electrons. The summed E-state index contributed by atoms with van der Waals surface area (Å²) in [6.07, 6.45) is 3.54. The predicted octanol–water partition coefficient (Wildman–Crippen LogP) is 4.11. The van der Waals surface area contributed by atoms with E-state index < -0.39 is 0 Å². The van der Waals surface area contributed by atoms with E-state index in [1.165, 1.54) is 0 Å². The van der Waals surface area contributed by atoms with Gasteiger partial charge in [0.05, 0.1) is 0 Å². The second kappa shape index (κ2) is 5.99. The van der Waals surface area contributed by atoms with Gasteiger partial charge in [0.2, 0.25) is 0 Å². The van der Waals surface area contributed by atoms with E-state index in [4.69, 9.17) is 28.9 Å². The molecule has 0 fully saturated rings. The molecule has 1 aromatic rings. The summed E-state index contributed by atoms with van der Waals surface area (Å²) in [5.41, 5.74) is 9.63. The van der Waals surface area contributed by atoms with Crippen molar-refractivity contribution in [3.05, 3.63) is 52.2 Å². The fraction of sp³-hybridized carbons (Fsp3) is 0.250. The van der Waals surface area contributed by atoms with Crippen LogP contribution < -0.4 is 5.73 Å². The Morgan fingerprint density at radius 2 is 2.20 bits per heavy atom. The van der Waals surface area contributed by atoms with Gasteiger partial charge in [0.1, 0.15) is 0 Å². The largest absolute Gasteiger partial charge is 0.324 e. The van der Waals surface area contributed by atoms with Crippen molar-refractivity contribution < 1.29 is 0 Å². The highest BCUT2D eigenvalue weighted by atomic mass is 35.5. The molecule has 0 aliphatic carbocycles. The van der Waals surface area contributed by atoms with Gasteiger partial charge in [0.15, 0.2) is 0 Å². The molecular weight excluding hydrogens is 229 g/mol. The Labute approximate surface area is 100 Å². The van der Waals surface area contributed by atoms with Crippen molar-refractivity contribution in [3.8, 4) is 0 Å². The molecular formula is C12H13Cl2N. The summed E-state index contributed by atoms with van der Waals surface area (Å²) >= 11 is 11.8. The van der Waals surface area contributed by atoms with E-state index >= 15 is 0 Å². The minimum atomic E-state index is -0.0700. The maximum atomic E-state index is 6.03. The van der Waals surface area contributed by atoms with Gasteiger partial charge in [-0.1, -0.05) is 35.8 Å². The van der Waals surface area contributed by atoms with Crippen molar-refractivity contribution in [2.75, 3.05) is 0 Å². The van der Waals surface area contributed by atoms with Crippen LogP contribution >= 0.6 is 23.2 Å². The van der Waals surface area contributed by atoms with Crippen LogP contribution in [0.3, 0.4) is 0 Å². The monoisotopic (exact) mass is 241 g/mol. The molecule has 1 unspecified atom stereocenters. The minimum absolute atomic E-state index is 0.0700. The summed E-state index contributed by atoms with van der Waals surface area (Å²) in [6, 6.07) is 5.31. The Kier molecular flexibility index (Phi) is 4.93. The van der Waals surface area contributed by atoms with Crippen molar-refractivity contribution in [1.29, 1.82) is 0 Å². The van der Waals surface area contributed by atoms with Crippen LogP contribution in [0.15, 0.2) is 36.6 Å². The lowest BCUT2D eigenvalue weighted by Crippen LogP contribution is -2.10. The molecule has 0 saturated heterocycles. The average Bonchev–Trinajstić information content (AvgIpc) is 2.17. The molecule has 0 bridgehead atoms. The highest BCUT2D eigenvalue weighted by Crippen LogP contribution is 2.27. The normalized spacial score (nSPS) is 11.9. The third kappa shape index (κ3) is 3.73. The molecule has 1 rings (SSSR count). The number of benzene rings is 1. The lowest BCUT2D eigenvalue weighted by atomic mass is 10.0. The Balaban J connectivity index is 2.72. The molecule has 0 amide bonds. The highest BCUT2D eigenvalue weighted by molar-refractivity contribution is 6.35. The van der Waals surface area contributed by atoms with Crippen LogP contribution in [0.2, 0.25) is 10.0 Å². The summed E-state index contributed by atoms with van der Waals surface area (Å²) in [7, 11) is 0. The summed E-state index contributed by atoms with van der Waals surface area (Å²) < 4.78 is 0. The van der Waals surface area contributed by atoms with Crippen molar-refractivity contribution in [2.24, 2.45) is 5.73 Å². The number of hydrogen-bond acceptors (Lipinski definition) is 1. The molecule has 3 heteroatoms. The first-order valence-corrected chi connectivity index (χ1v) is 5.45. The molecule has 2 N–H and O–H groups in total. The maximum absolute atomic E-state index is 6.03. The smallest absolute Gasteiger partial charge is 0.0468 e. The molecule has 1 aromatic carbocycles. The molecule has 0 saturated carbocycles. The molecule has 0 aromatic heterocycles. The van der Waals surface area contributed by atoms with E-state index in [9.17, 15) is 0 Å². The molecule has 0 radical (unpaired) electrons. The first-order valence-electron chi connectivity index (χ1n) is 4.70. The van der Waals surface area contributed by atoms with Gasteiger partial charge >= 0.3 is 0 Å². The lowest BCUT2D eigenvalue weighted by molar-refractivity contribution is 0.661. The average molecular weight is 242 g/mol. The van der Waals surface area contributed by atoms with Gasteiger partial charge in [-0.15, -0.1) is 5.73 Å². The molecule has 0 heterocycles.